The predicted octanol–water partition coefficient (Wildman–Crippen LogP) is 5.20. The standard InChI is InChI=1S/C29H38FN3O2/c1-35-24-9-10-27-25(18-24)28(23(19-31)20-32-27)26(30)11-12-29(21-34)13-16-33(17-14-29)15-5-8-22-6-3-2-4-7-22/h2-4,6-7,9-10,18,20,26,34H,5,8,11-17,19,21,31H2,1H3/t26-/m0/s1. The molecule has 3 aromatic rings. The van der Waals surface area contributed by atoms with Gasteiger partial charge in [0.25, 0.3) is 0 Å². The molecule has 0 saturated carbocycles. The quantitative estimate of drug-likeness (QED) is 0.396. The van der Waals surface area contributed by atoms with Crippen LogP contribution in [0.2, 0.25) is 0 Å². The minimum absolute atomic E-state index is 0.103. The zero-order valence-electron chi connectivity index (χ0n) is 20.8. The van der Waals surface area contributed by atoms with E-state index in [-0.39, 0.29) is 18.6 Å². The second-order valence-electron chi connectivity index (χ2n) is 9.88. The van der Waals surface area contributed by atoms with E-state index in [9.17, 15) is 5.11 Å². The minimum atomic E-state index is -1.17. The van der Waals surface area contributed by atoms with Gasteiger partial charge in [0.15, 0.2) is 0 Å². The lowest BCUT2D eigenvalue weighted by Crippen LogP contribution is -2.42. The predicted molar refractivity (Wildman–Crippen MR) is 139 cm³/mol. The normalized spacial score (nSPS) is 16.9. The van der Waals surface area contributed by atoms with Crippen LogP contribution in [-0.4, -0.2) is 48.3 Å². The number of aliphatic hydroxyl groups is 1. The molecule has 3 N–H and O–H groups in total. The summed E-state index contributed by atoms with van der Waals surface area (Å²) in [4.78, 5) is 6.94. The molecule has 1 saturated heterocycles. The maximum absolute atomic E-state index is 15.8. The molecule has 188 valence electrons. The Hall–Kier alpha value is -2.54. The SMILES string of the molecule is COc1ccc2ncc(CN)c([C@@H](F)CCC3(CO)CCN(CCCc4ccccc4)CC3)c2c1. The average Bonchev–Trinajstić information content (AvgIpc) is 2.92. The average molecular weight is 480 g/mol. The van der Waals surface area contributed by atoms with E-state index in [2.05, 4.69) is 40.2 Å². The molecule has 0 aliphatic carbocycles. The second kappa shape index (κ2) is 11.9. The Kier molecular flexibility index (Phi) is 8.71. The van der Waals surface area contributed by atoms with Crippen LogP contribution in [0.15, 0.2) is 54.7 Å². The van der Waals surface area contributed by atoms with Crippen LogP contribution in [0.5, 0.6) is 5.75 Å². The molecule has 0 unspecified atom stereocenters. The number of fused-ring (bicyclic) bond motifs is 1. The van der Waals surface area contributed by atoms with Gasteiger partial charge in [-0.1, -0.05) is 30.3 Å². The number of nitrogens with two attached hydrogens (primary N) is 1. The highest BCUT2D eigenvalue weighted by atomic mass is 19.1. The largest absolute Gasteiger partial charge is 0.497 e. The fraction of sp³-hybridized carbons (Fsp3) is 0.483. The number of ether oxygens (including phenoxy) is 1. The van der Waals surface area contributed by atoms with Crippen molar-refractivity contribution < 1.29 is 14.2 Å². The Labute approximate surface area is 208 Å². The van der Waals surface area contributed by atoms with Crippen LogP contribution in [0.4, 0.5) is 4.39 Å². The van der Waals surface area contributed by atoms with Gasteiger partial charge in [-0.25, -0.2) is 4.39 Å². The van der Waals surface area contributed by atoms with Gasteiger partial charge in [0.05, 0.1) is 12.6 Å². The van der Waals surface area contributed by atoms with Gasteiger partial charge in [-0.05, 0) is 92.9 Å². The number of piperidine rings is 1. The summed E-state index contributed by atoms with van der Waals surface area (Å²) in [5.74, 6) is 0.674. The molecule has 2 aromatic carbocycles. The first-order valence-corrected chi connectivity index (χ1v) is 12.7. The van der Waals surface area contributed by atoms with E-state index >= 15 is 4.39 Å². The van der Waals surface area contributed by atoms with Crippen LogP contribution in [0.25, 0.3) is 10.9 Å². The number of pyridine rings is 1. The Morgan fingerprint density at radius 3 is 2.63 bits per heavy atom. The Balaban J connectivity index is 1.36. The van der Waals surface area contributed by atoms with Crippen molar-refractivity contribution in [2.24, 2.45) is 11.1 Å². The summed E-state index contributed by atoms with van der Waals surface area (Å²) >= 11 is 0. The fourth-order valence-electron chi connectivity index (χ4n) is 5.36. The van der Waals surface area contributed by atoms with Crippen molar-refractivity contribution in [3.05, 3.63) is 71.4 Å². The lowest BCUT2D eigenvalue weighted by Gasteiger charge is -2.41. The second-order valence-corrected chi connectivity index (χ2v) is 9.88. The van der Waals surface area contributed by atoms with E-state index in [0.29, 0.717) is 24.2 Å². The van der Waals surface area contributed by atoms with Crippen LogP contribution in [0.3, 0.4) is 0 Å². The fourth-order valence-corrected chi connectivity index (χ4v) is 5.36. The topological polar surface area (TPSA) is 71.6 Å². The molecule has 0 amide bonds. The highest BCUT2D eigenvalue weighted by molar-refractivity contribution is 5.85. The molecule has 4 rings (SSSR count). The summed E-state index contributed by atoms with van der Waals surface area (Å²) in [6.45, 7) is 3.31. The van der Waals surface area contributed by atoms with Gasteiger partial charge in [-0.15, -0.1) is 0 Å². The highest BCUT2D eigenvalue weighted by Gasteiger charge is 2.35. The number of alkyl halides is 1. The van der Waals surface area contributed by atoms with E-state index in [1.165, 1.54) is 5.56 Å². The molecular weight excluding hydrogens is 441 g/mol. The number of hydrogen-bond acceptors (Lipinski definition) is 5. The molecule has 5 nitrogen and oxygen atoms in total. The summed E-state index contributed by atoms with van der Waals surface area (Å²) in [5.41, 5.74) is 9.19. The first-order valence-electron chi connectivity index (χ1n) is 12.7. The Morgan fingerprint density at radius 1 is 1.17 bits per heavy atom. The molecule has 1 aliphatic heterocycles. The van der Waals surface area contributed by atoms with Crippen molar-refractivity contribution in [1.29, 1.82) is 0 Å². The van der Waals surface area contributed by atoms with Crippen LogP contribution < -0.4 is 10.5 Å². The minimum Gasteiger partial charge on any atom is -0.497 e. The third kappa shape index (κ3) is 6.18. The molecule has 1 aromatic heterocycles. The highest BCUT2D eigenvalue weighted by Crippen LogP contribution is 2.41. The molecule has 0 spiro atoms. The summed E-state index contributed by atoms with van der Waals surface area (Å²) in [6.07, 6.45) is 5.54. The third-order valence-electron chi connectivity index (χ3n) is 7.70. The van der Waals surface area contributed by atoms with Crippen LogP contribution in [0, 0.1) is 5.41 Å². The van der Waals surface area contributed by atoms with Crippen molar-refractivity contribution in [1.82, 2.24) is 9.88 Å². The molecular formula is C29H38FN3O2. The third-order valence-corrected chi connectivity index (χ3v) is 7.70. The van der Waals surface area contributed by atoms with E-state index < -0.39 is 6.17 Å². The number of benzene rings is 2. The summed E-state index contributed by atoms with van der Waals surface area (Å²) in [7, 11) is 1.60. The van der Waals surface area contributed by atoms with E-state index in [1.807, 2.05) is 18.2 Å². The van der Waals surface area contributed by atoms with Crippen LogP contribution in [-0.2, 0) is 13.0 Å². The van der Waals surface area contributed by atoms with Gasteiger partial charge in [0.1, 0.15) is 11.9 Å². The van der Waals surface area contributed by atoms with Crippen molar-refractivity contribution in [2.45, 2.75) is 51.2 Å². The summed E-state index contributed by atoms with van der Waals surface area (Å²) < 4.78 is 21.2. The monoisotopic (exact) mass is 479 g/mol. The number of likely N-dealkylation sites (tertiary alicyclic amines) is 1. The van der Waals surface area contributed by atoms with Gasteiger partial charge >= 0.3 is 0 Å². The molecule has 6 heteroatoms. The number of nitrogens with zero attached hydrogens (tertiary/aromatic N) is 2. The maximum atomic E-state index is 15.8. The maximum Gasteiger partial charge on any atom is 0.126 e. The molecule has 1 atom stereocenters. The van der Waals surface area contributed by atoms with Gasteiger partial charge in [-0.3, -0.25) is 4.98 Å². The molecule has 2 heterocycles. The number of aromatic nitrogens is 1. The first-order chi connectivity index (χ1) is 17.1. The molecule has 1 fully saturated rings. The summed E-state index contributed by atoms with van der Waals surface area (Å²) in [6, 6.07) is 16.1. The zero-order valence-corrected chi connectivity index (χ0v) is 20.8. The van der Waals surface area contributed by atoms with Crippen LogP contribution >= 0.6 is 0 Å². The number of rotatable bonds is 11. The lowest BCUT2D eigenvalue weighted by atomic mass is 9.74. The Morgan fingerprint density at radius 2 is 1.94 bits per heavy atom. The van der Waals surface area contributed by atoms with Crippen molar-refractivity contribution in [3.63, 3.8) is 0 Å². The van der Waals surface area contributed by atoms with Gasteiger partial charge in [-0.2, -0.15) is 0 Å². The van der Waals surface area contributed by atoms with Gasteiger partial charge in [0, 0.05) is 30.3 Å². The number of aryl methyl sites for hydroxylation is 1. The number of methoxy groups -OCH3 is 1. The number of hydrogen-bond donors (Lipinski definition) is 2. The smallest absolute Gasteiger partial charge is 0.126 e. The first kappa shape index (κ1) is 25.5. The van der Waals surface area contributed by atoms with Crippen molar-refractivity contribution >= 4 is 10.9 Å². The molecule has 0 radical (unpaired) electrons. The number of halogens is 1. The van der Waals surface area contributed by atoms with Crippen molar-refractivity contribution in [2.75, 3.05) is 33.4 Å². The van der Waals surface area contributed by atoms with Gasteiger partial charge < -0.3 is 20.5 Å². The molecule has 35 heavy (non-hydrogen) atoms. The molecule has 0 bridgehead atoms. The number of aliphatic hydroxyl groups excluding tert-OH is 1. The van der Waals surface area contributed by atoms with Crippen LogP contribution in [0.1, 0.15) is 55.0 Å². The van der Waals surface area contributed by atoms with E-state index in [1.54, 1.807) is 13.3 Å². The van der Waals surface area contributed by atoms with Gasteiger partial charge in [0.2, 0.25) is 0 Å². The van der Waals surface area contributed by atoms with E-state index in [0.717, 1.165) is 61.8 Å². The molecule has 1 aliphatic rings. The zero-order chi connectivity index (χ0) is 24.7. The lowest BCUT2D eigenvalue weighted by molar-refractivity contribution is 0.0300. The Bertz CT molecular complexity index is 1080. The van der Waals surface area contributed by atoms with E-state index in [4.69, 9.17) is 10.5 Å². The van der Waals surface area contributed by atoms with Crippen molar-refractivity contribution in [3.8, 4) is 5.75 Å². The summed E-state index contributed by atoms with van der Waals surface area (Å²) in [5, 5.41) is 11.0.